The van der Waals surface area contributed by atoms with Crippen LogP contribution in [0.5, 0.6) is 0 Å². The zero-order valence-electron chi connectivity index (χ0n) is 15.7. The van der Waals surface area contributed by atoms with Crippen LogP contribution in [0.4, 0.5) is 5.69 Å². The predicted molar refractivity (Wildman–Crippen MR) is 96.3 cm³/mol. The van der Waals surface area contributed by atoms with Crippen LogP contribution in [0.1, 0.15) is 44.0 Å². The number of nitrogens with one attached hydrogen (secondary N) is 1. The highest BCUT2D eigenvalue weighted by Crippen LogP contribution is 2.30. The van der Waals surface area contributed by atoms with Gasteiger partial charge in [0.2, 0.25) is 11.8 Å². The number of nitrogens with zero attached hydrogens (tertiary/aromatic N) is 4. The van der Waals surface area contributed by atoms with E-state index in [0.717, 1.165) is 55.8 Å². The van der Waals surface area contributed by atoms with Crippen LogP contribution in [0.25, 0.3) is 0 Å². The molecular formula is C18H29N5O2. The van der Waals surface area contributed by atoms with E-state index in [1.807, 2.05) is 25.8 Å². The van der Waals surface area contributed by atoms with Crippen LogP contribution < -0.4 is 5.32 Å². The molecular weight excluding hydrogens is 318 g/mol. The van der Waals surface area contributed by atoms with Crippen LogP contribution in [0.2, 0.25) is 0 Å². The van der Waals surface area contributed by atoms with Crippen molar-refractivity contribution in [3.05, 3.63) is 11.4 Å². The number of amides is 2. The van der Waals surface area contributed by atoms with Crippen molar-refractivity contribution in [1.82, 2.24) is 19.6 Å². The SMILES string of the molecule is CC(=O)N1CCC[C@@H]1[C@H]1CCCN1CC(=O)Nc1c(C)nn(C)c1C. The van der Waals surface area contributed by atoms with Crippen LogP contribution in [0, 0.1) is 13.8 Å². The van der Waals surface area contributed by atoms with Crippen LogP contribution in [-0.4, -0.2) is 63.1 Å². The Labute approximate surface area is 149 Å². The molecule has 0 saturated carbocycles. The Hall–Kier alpha value is -1.89. The van der Waals surface area contributed by atoms with Gasteiger partial charge in [0, 0.05) is 32.6 Å². The molecule has 0 spiro atoms. The molecule has 2 aliphatic rings. The fourth-order valence-electron chi connectivity index (χ4n) is 4.39. The van der Waals surface area contributed by atoms with Gasteiger partial charge < -0.3 is 10.2 Å². The molecule has 2 aliphatic heterocycles. The Balaban J connectivity index is 1.65. The largest absolute Gasteiger partial charge is 0.338 e. The smallest absolute Gasteiger partial charge is 0.238 e. The second kappa shape index (κ2) is 7.15. The number of rotatable bonds is 4. The van der Waals surface area contributed by atoms with Crippen molar-refractivity contribution in [2.24, 2.45) is 7.05 Å². The summed E-state index contributed by atoms with van der Waals surface area (Å²) in [5, 5.41) is 7.37. The third kappa shape index (κ3) is 3.56. The highest BCUT2D eigenvalue weighted by molar-refractivity contribution is 5.93. The first-order chi connectivity index (χ1) is 11.9. The molecule has 0 bridgehead atoms. The number of anilines is 1. The average Bonchev–Trinajstić information content (AvgIpc) is 3.24. The fraction of sp³-hybridized carbons (Fsp3) is 0.722. The summed E-state index contributed by atoms with van der Waals surface area (Å²) in [5.41, 5.74) is 2.61. The summed E-state index contributed by atoms with van der Waals surface area (Å²) >= 11 is 0. The van der Waals surface area contributed by atoms with Gasteiger partial charge in [0.1, 0.15) is 0 Å². The summed E-state index contributed by atoms with van der Waals surface area (Å²) in [6.45, 7) is 7.66. The van der Waals surface area contributed by atoms with E-state index in [1.54, 1.807) is 11.6 Å². The van der Waals surface area contributed by atoms with Gasteiger partial charge in [0.05, 0.1) is 23.6 Å². The molecule has 138 valence electrons. The van der Waals surface area contributed by atoms with E-state index in [9.17, 15) is 9.59 Å². The molecule has 7 heteroatoms. The average molecular weight is 347 g/mol. The number of hydrogen-bond donors (Lipinski definition) is 1. The normalized spacial score (nSPS) is 24.1. The third-order valence-electron chi connectivity index (χ3n) is 5.68. The number of aromatic nitrogens is 2. The number of carbonyl (C=O) groups excluding carboxylic acids is 2. The summed E-state index contributed by atoms with van der Waals surface area (Å²) in [6, 6.07) is 0.558. The maximum atomic E-state index is 12.6. The van der Waals surface area contributed by atoms with Crippen LogP contribution in [0.3, 0.4) is 0 Å². The quantitative estimate of drug-likeness (QED) is 0.895. The third-order valence-corrected chi connectivity index (χ3v) is 5.68. The Morgan fingerprint density at radius 2 is 1.84 bits per heavy atom. The van der Waals surface area contributed by atoms with E-state index in [2.05, 4.69) is 15.3 Å². The summed E-state index contributed by atoms with van der Waals surface area (Å²) < 4.78 is 1.78. The highest BCUT2D eigenvalue weighted by atomic mass is 16.2. The lowest BCUT2D eigenvalue weighted by Gasteiger charge is -2.34. The van der Waals surface area contributed by atoms with Crippen molar-refractivity contribution >= 4 is 17.5 Å². The number of carbonyl (C=O) groups is 2. The van der Waals surface area contributed by atoms with Crippen molar-refractivity contribution in [1.29, 1.82) is 0 Å². The Bertz CT molecular complexity index is 669. The monoisotopic (exact) mass is 347 g/mol. The first-order valence-electron chi connectivity index (χ1n) is 9.19. The predicted octanol–water partition coefficient (Wildman–Crippen LogP) is 1.45. The molecule has 0 radical (unpaired) electrons. The van der Waals surface area contributed by atoms with Gasteiger partial charge in [-0.25, -0.2) is 0 Å². The van der Waals surface area contributed by atoms with Gasteiger partial charge in [-0.2, -0.15) is 5.10 Å². The highest BCUT2D eigenvalue weighted by Gasteiger charge is 2.39. The summed E-state index contributed by atoms with van der Waals surface area (Å²) in [4.78, 5) is 28.7. The van der Waals surface area contributed by atoms with E-state index >= 15 is 0 Å². The molecule has 25 heavy (non-hydrogen) atoms. The molecule has 0 aliphatic carbocycles. The number of aryl methyl sites for hydroxylation is 2. The molecule has 2 atom stereocenters. The van der Waals surface area contributed by atoms with Gasteiger partial charge in [0.25, 0.3) is 0 Å². The molecule has 1 aromatic rings. The first-order valence-corrected chi connectivity index (χ1v) is 9.19. The van der Waals surface area contributed by atoms with Crippen LogP contribution >= 0.6 is 0 Å². The number of likely N-dealkylation sites (tertiary alicyclic amines) is 2. The maximum absolute atomic E-state index is 12.6. The van der Waals surface area contributed by atoms with Crippen molar-refractivity contribution in [3.63, 3.8) is 0 Å². The molecule has 2 amide bonds. The maximum Gasteiger partial charge on any atom is 0.238 e. The molecule has 7 nitrogen and oxygen atoms in total. The second-order valence-corrected chi connectivity index (χ2v) is 7.32. The zero-order valence-corrected chi connectivity index (χ0v) is 15.7. The lowest BCUT2D eigenvalue weighted by Crippen LogP contribution is -2.49. The molecule has 2 saturated heterocycles. The Morgan fingerprint density at radius 3 is 2.48 bits per heavy atom. The van der Waals surface area contributed by atoms with E-state index < -0.39 is 0 Å². The Kier molecular flexibility index (Phi) is 5.13. The van der Waals surface area contributed by atoms with Gasteiger partial charge in [-0.3, -0.25) is 19.2 Å². The lowest BCUT2D eigenvalue weighted by atomic mass is 10.0. The van der Waals surface area contributed by atoms with Crippen LogP contribution in [-0.2, 0) is 16.6 Å². The van der Waals surface area contributed by atoms with Crippen molar-refractivity contribution in [3.8, 4) is 0 Å². The standard InChI is InChI=1S/C18H29N5O2/c1-12-18(13(2)21(4)20-12)19-17(25)11-22-9-5-7-15(22)16-8-6-10-23(16)14(3)24/h15-16H,5-11H2,1-4H3,(H,19,25)/t15-,16-/m1/s1. The minimum Gasteiger partial charge on any atom is -0.338 e. The molecule has 3 heterocycles. The lowest BCUT2D eigenvalue weighted by molar-refractivity contribution is -0.130. The zero-order chi connectivity index (χ0) is 18.1. The summed E-state index contributed by atoms with van der Waals surface area (Å²) in [5.74, 6) is 0.152. The second-order valence-electron chi connectivity index (χ2n) is 7.32. The minimum atomic E-state index is -0.00141. The fourth-order valence-corrected chi connectivity index (χ4v) is 4.39. The molecule has 0 aromatic carbocycles. The topological polar surface area (TPSA) is 70.5 Å². The molecule has 1 N–H and O–H groups in total. The number of hydrogen-bond acceptors (Lipinski definition) is 4. The molecule has 1 aromatic heterocycles. The van der Waals surface area contributed by atoms with E-state index in [4.69, 9.17) is 0 Å². The van der Waals surface area contributed by atoms with Crippen molar-refractivity contribution in [2.75, 3.05) is 25.0 Å². The van der Waals surface area contributed by atoms with Crippen molar-refractivity contribution < 1.29 is 9.59 Å². The first kappa shape index (κ1) is 17.9. The van der Waals surface area contributed by atoms with Gasteiger partial charge >= 0.3 is 0 Å². The minimum absolute atomic E-state index is 0.00141. The van der Waals surface area contributed by atoms with Gasteiger partial charge in [-0.15, -0.1) is 0 Å². The molecule has 3 rings (SSSR count). The van der Waals surface area contributed by atoms with Crippen LogP contribution in [0.15, 0.2) is 0 Å². The van der Waals surface area contributed by atoms with Crippen molar-refractivity contribution in [2.45, 2.75) is 58.5 Å². The van der Waals surface area contributed by atoms with Gasteiger partial charge in [-0.1, -0.05) is 0 Å². The van der Waals surface area contributed by atoms with E-state index in [-0.39, 0.29) is 17.9 Å². The summed E-state index contributed by atoms with van der Waals surface area (Å²) in [6.07, 6.45) is 4.26. The van der Waals surface area contributed by atoms with Gasteiger partial charge in [-0.05, 0) is 46.1 Å². The molecule has 0 unspecified atom stereocenters. The van der Waals surface area contributed by atoms with E-state index in [1.165, 1.54) is 0 Å². The summed E-state index contributed by atoms with van der Waals surface area (Å²) in [7, 11) is 1.88. The molecule has 2 fully saturated rings. The van der Waals surface area contributed by atoms with E-state index in [0.29, 0.717) is 12.6 Å². The van der Waals surface area contributed by atoms with Gasteiger partial charge in [0.15, 0.2) is 0 Å². The Morgan fingerprint density at radius 1 is 1.16 bits per heavy atom.